The number of aliphatic hydroxyl groups is 1. The molecule has 0 amide bonds. The maximum absolute atomic E-state index is 9.61. The van der Waals surface area contributed by atoms with Crippen molar-refractivity contribution < 1.29 is 9.84 Å². The molecule has 0 saturated heterocycles. The van der Waals surface area contributed by atoms with Crippen LogP contribution in [0.25, 0.3) is 0 Å². The topological polar surface area (TPSA) is 29.5 Å². The highest BCUT2D eigenvalue weighted by Crippen LogP contribution is 2.25. The Morgan fingerprint density at radius 1 is 1.19 bits per heavy atom. The number of halogens is 1. The predicted octanol–water partition coefficient (Wildman–Crippen LogP) is 5.03. The fraction of sp³-hybridized carbons (Fsp3) is 0.647. The Balaban J connectivity index is 2.55. The normalized spacial score (nSPS) is 14.1. The summed E-state index contributed by atoms with van der Waals surface area (Å²) in [5.74, 6) is 1.10. The molecule has 1 rings (SSSR count). The van der Waals surface area contributed by atoms with E-state index < -0.39 is 0 Å². The van der Waals surface area contributed by atoms with Crippen LogP contribution in [-0.4, -0.2) is 30.2 Å². The summed E-state index contributed by atoms with van der Waals surface area (Å²) in [5.41, 5.74) is 0. The zero-order chi connectivity index (χ0) is 15.5. The zero-order valence-electron chi connectivity index (χ0n) is 13.1. The van der Waals surface area contributed by atoms with Crippen molar-refractivity contribution in [2.24, 2.45) is 5.92 Å². The number of unbranched alkanes of at least 4 members (excludes halogenated alkanes) is 1. The average Bonchev–Trinajstić information content (AvgIpc) is 2.50. The third-order valence-electron chi connectivity index (χ3n) is 3.48. The molecule has 2 nitrogen and oxygen atoms in total. The molecule has 4 heteroatoms. The van der Waals surface area contributed by atoms with Crippen molar-refractivity contribution in [2.75, 3.05) is 19.0 Å². The van der Waals surface area contributed by atoms with Gasteiger partial charge in [-0.25, -0.2) is 0 Å². The first-order chi connectivity index (χ1) is 10.2. The number of aliphatic hydroxyl groups excluding tert-OH is 1. The quantitative estimate of drug-likeness (QED) is 0.456. The summed E-state index contributed by atoms with van der Waals surface area (Å²) in [7, 11) is 0. The first kappa shape index (κ1) is 18.8. The Bertz CT molecular complexity index is 370. The monoisotopic (exact) mass is 330 g/mol. The summed E-state index contributed by atoms with van der Waals surface area (Å²) in [5, 5.41) is 10.4. The van der Waals surface area contributed by atoms with Crippen LogP contribution in [0.1, 0.15) is 39.5 Å². The summed E-state index contributed by atoms with van der Waals surface area (Å²) in [6.07, 6.45) is 4.40. The van der Waals surface area contributed by atoms with E-state index in [0.717, 1.165) is 43.1 Å². The molecule has 0 heterocycles. The molecule has 2 atom stereocenters. The molecule has 0 aliphatic heterocycles. The lowest BCUT2D eigenvalue weighted by atomic mass is 9.99. The third kappa shape index (κ3) is 7.55. The lowest BCUT2D eigenvalue weighted by Gasteiger charge is -2.25. The van der Waals surface area contributed by atoms with Crippen LogP contribution >= 0.6 is 23.4 Å². The Morgan fingerprint density at radius 3 is 2.48 bits per heavy atom. The van der Waals surface area contributed by atoms with E-state index in [1.165, 1.54) is 4.90 Å². The maximum Gasteiger partial charge on any atom is 0.0718 e. The Hall–Kier alpha value is -0.220. The van der Waals surface area contributed by atoms with Gasteiger partial charge in [-0.05, 0) is 37.1 Å². The van der Waals surface area contributed by atoms with E-state index in [1.807, 2.05) is 24.3 Å². The predicted molar refractivity (Wildman–Crippen MR) is 92.3 cm³/mol. The van der Waals surface area contributed by atoms with E-state index in [2.05, 4.69) is 13.8 Å². The Kier molecular flexibility index (Phi) is 10.2. The summed E-state index contributed by atoms with van der Waals surface area (Å²) >= 11 is 7.68. The van der Waals surface area contributed by atoms with E-state index >= 15 is 0 Å². The van der Waals surface area contributed by atoms with Crippen LogP contribution < -0.4 is 0 Å². The molecule has 0 bridgehead atoms. The number of thioether (sulfide) groups is 1. The molecular weight excluding hydrogens is 304 g/mol. The molecule has 0 spiro atoms. The van der Waals surface area contributed by atoms with Crippen LogP contribution in [0.2, 0.25) is 5.02 Å². The highest BCUT2D eigenvalue weighted by atomic mass is 35.5. The minimum Gasteiger partial charge on any atom is -0.396 e. The second kappa shape index (κ2) is 11.4. The lowest BCUT2D eigenvalue weighted by molar-refractivity contribution is 0.00401. The minimum atomic E-state index is 0.113. The number of hydrogen-bond acceptors (Lipinski definition) is 3. The molecule has 1 N–H and O–H groups in total. The molecular formula is C17H27ClO2S. The second-order valence-corrected chi connectivity index (χ2v) is 6.79. The third-order valence-corrected chi connectivity index (χ3v) is 4.83. The molecule has 0 aliphatic carbocycles. The van der Waals surface area contributed by atoms with Crippen molar-refractivity contribution in [1.29, 1.82) is 0 Å². The van der Waals surface area contributed by atoms with Gasteiger partial charge in [-0.1, -0.05) is 38.3 Å². The summed E-state index contributed by atoms with van der Waals surface area (Å²) in [6.45, 7) is 5.29. The smallest absolute Gasteiger partial charge is 0.0718 e. The largest absolute Gasteiger partial charge is 0.396 e. The first-order valence-corrected chi connectivity index (χ1v) is 9.18. The molecule has 21 heavy (non-hydrogen) atoms. The zero-order valence-corrected chi connectivity index (χ0v) is 14.6. The number of benzene rings is 1. The van der Waals surface area contributed by atoms with Crippen LogP contribution in [0, 0.1) is 5.92 Å². The van der Waals surface area contributed by atoms with Gasteiger partial charge in [0.1, 0.15) is 0 Å². The van der Waals surface area contributed by atoms with Gasteiger partial charge in [0.15, 0.2) is 0 Å². The van der Waals surface area contributed by atoms with Gasteiger partial charge in [-0.3, -0.25) is 0 Å². The van der Waals surface area contributed by atoms with E-state index in [1.54, 1.807) is 11.8 Å². The van der Waals surface area contributed by atoms with Gasteiger partial charge in [0.2, 0.25) is 0 Å². The first-order valence-electron chi connectivity index (χ1n) is 7.82. The highest BCUT2D eigenvalue weighted by Gasteiger charge is 2.21. The van der Waals surface area contributed by atoms with Crippen LogP contribution in [0.3, 0.4) is 0 Å². The van der Waals surface area contributed by atoms with Gasteiger partial charge in [-0.15, -0.1) is 11.8 Å². The van der Waals surface area contributed by atoms with Crippen molar-refractivity contribution in [2.45, 2.75) is 50.5 Å². The van der Waals surface area contributed by atoms with Gasteiger partial charge in [-0.2, -0.15) is 0 Å². The van der Waals surface area contributed by atoms with E-state index in [4.69, 9.17) is 16.3 Å². The van der Waals surface area contributed by atoms with E-state index in [9.17, 15) is 5.11 Å². The van der Waals surface area contributed by atoms with Crippen molar-refractivity contribution >= 4 is 23.4 Å². The molecule has 0 radical (unpaired) electrons. The van der Waals surface area contributed by atoms with E-state index in [-0.39, 0.29) is 18.6 Å². The lowest BCUT2D eigenvalue weighted by Crippen LogP contribution is -2.29. The Morgan fingerprint density at radius 2 is 1.90 bits per heavy atom. The second-order valence-electron chi connectivity index (χ2n) is 5.26. The molecule has 1 aromatic rings. The highest BCUT2D eigenvalue weighted by molar-refractivity contribution is 7.99. The van der Waals surface area contributed by atoms with Crippen LogP contribution in [-0.2, 0) is 4.74 Å². The van der Waals surface area contributed by atoms with Crippen LogP contribution in [0.15, 0.2) is 29.2 Å². The molecule has 120 valence electrons. The number of ether oxygens (including phenoxy) is 1. The van der Waals surface area contributed by atoms with Crippen LogP contribution in [0.4, 0.5) is 0 Å². The minimum absolute atomic E-state index is 0.113. The van der Waals surface area contributed by atoms with Gasteiger partial charge in [0.05, 0.1) is 6.10 Å². The molecule has 0 aliphatic rings. The summed E-state index contributed by atoms with van der Waals surface area (Å²) < 4.78 is 6.03. The van der Waals surface area contributed by atoms with Gasteiger partial charge >= 0.3 is 0 Å². The number of hydrogen-bond donors (Lipinski definition) is 1. The standard InChI is InChI=1S/C17H27ClO2S/c1-3-5-11-20-17(14(12-19)6-4-2)13-21-16-9-7-15(18)8-10-16/h7-10,14,17,19H,3-6,11-13H2,1-2H3. The average molecular weight is 331 g/mol. The van der Waals surface area contributed by atoms with Gasteiger partial charge in [0, 0.05) is 34.8 Å². The van der Waals surface area contributed by atoms with Gasteiger partial charge in [0.25, 0.3) is 0 Å². The van der Waals surface area contributed by atoms with Crippen molar-refractivity contribution in [3.63, 3.8) is 0 Å². The maximum atomic E-state index is 9.61. The molecule has 1 aromatic carbocycles. The Labute approximate surface area is 138 Å². The number of rotatable bonds is 11. The fourth-order valence-corrected chi connectivity index (χ4v) is 3.35. The van der Waals surface area contributed by atoms with Crippen molar-refractivity contribution in [3.05, 3.63) is 29.3 Å². The van der Waals surface area contributed by atoms with E-state index in [0.29, 0.717) is 0 Å². The van der Waals surface area contributed by atoms with Crippen molar-refractivity contribution in [1.82, 2.24) is 0 Å². The molecule has 2 unspecified atom stereocenters. The van der Waals surface area contributed by atoms with Crippen LogP contribution in [0.5, 0.6) is 0 Å². The molecule has 0 fully saturated rings. The van der Waals surface area contributed by atoms with Crippen molar-refractivity contribution in [3.8, 4) is 0 Å². The summed E-state index contributed by atoms with van der Waals surface area (Å²) in [6, 6.07) is 7.88. The molecule has 0 aromatic heterocycles. The SMILES string of the molecule is CCCCOC(CSc1ccc(Cl)cc1)C(CO)CCC. The molecule has 0 saturated carbocycles. The summed E-state index contributed by atoms with van der Waals surface area (Å²) in [4.78, 5) is 1.19. The van der Waals surface area contributed by atoms with Gasteiger partial charge < -0.3 is 9.84 Å². The fourth-order valence-electron chi connectivity index (χ4n) is 2.17.